The van der Waals surface area contributed by atoms with Crippen molar-refractivity contribution in [1.29, 1.82) is 5.26 Å². The molecule has 0 unspecified atom stereocenters. The van der Waals surface area contributed by atoms with Crippen LogP contribution in [0.3, 0.4) is 0 Å². The van der Waals surface area contributed by atoms with Gasteiger partial charge in [0, 0.05) is 0 Å². The van der Waals surface area contributed by atoms with Crippen molar-refractivity contribution >= 4 is 18.3 Å². The predicted molar refractivity (Wildman–Crippen MR) is 33.7 cm³/mol. The van der Waals surface area contributed by atoms with Crippen LogP contribution in [0.2, 0.25) is 0 Å². The molecule has 0 saturated heterocycles. The van der Waals surface area contributed by atoms with Gasteiger partial charge in [-0.2, -0.15) is 0 Å². The first-order valence-electron chi connectivity index (χ1n) is 2.07. The maximum absolute atomic E-state index is 8.46. The molecule has 0 rings (SSSR count). The molecule has 0 aliphatic carbocycles. The van der Waals surface area contributed by atoms with Crippen molar-refractivity contribution < 1.29 is 9.79 Å². The predicted octanol–water partition coefficient (Wildman–Crippen LogP) is 0.618. The maximum atomic E-state index is 8.46. The standard InChI is InChI=1S/C3H7ClNO2P/c4-8(6,7)3-1-2-5/h6-8H,1,3H2. The van der Waals surface area contributed by atoms with Crippen LogP contribution in [0, 0.1) is 11.3 Å². The molecule has 0 radical (unpaired) electrons. The number of halogens is 1. The van der Waals surface area contributed by atoms with Gasteiger partial charge in [0.15, 0.2) is 0 Å². The topological polar surface area (TPSA) is 64.2 Å². The van der Waals surface area contributed by atoms with Crippen LogP contribution in [-0.4, -0.2) is 15.9 Å². The van der Waals surface area contributed by atoms with Gasteiger partial charge in [-0.05, 0) is 0 Å². The van der Waals surface area contributed by atoms with Crippen LogP contribution < -0.4 is 0 Å². The summed E-state index contributed by atoms with van der Waals surface area (Å²) in [6, 6.07) is 1.75. The van der Waals surface area contributed by atoms with Crippen molar-refractivity contribution in [2.75, 3.05) is 6.16 Å². The summed E-state index contributed by atoms with van der Waals surface area (Å²) in [6.07, 6.45) is 0.133. The van der Waals surface area contributed by atoms with Crippen LogP contribution in [0.15, 0.2) is 0 Å². The summed E-state index contributed by atoms with van der Waals surface area (Å²) in [5.74, 6) is 0. The van der Waals surface area contributed by atoms with E-state index in [4.69, 9.17) is 26.3 Å². The molecule has 0 aliphatic heterocycles. The summed E-state index contributed by atoms with van der Waals surface area (Å²) in [5.41, 5.74) is 0. The average Bonchev–Trinajstić information content (AvgIpc) is 1.59. The monoisotopic (exact) mass is 155 g/mol. The van der Waals surface area contributed by atoms with E-state index in [0.717, 1.165) is 0 Å². The molecule has 48 valence electrons. The molecule has 0 heterocycles. The molecule has 0 aromatic heterocycles. The van der Waals surface area contributed by atoms with Crippen LogP contribution in [0.25, 0.3) is 0 Å². The Morgan fingerprint density at radius 2 is 2.12 bits per heavy atom. The molecule has 2 N–H and O–H groups in total. The molecule has 0 aliphatic rings. The van der Waals surface area contributed by atoms with E-state index in [1.54, 1.807) is 6.07 Å². The number of nitrogens with zero attached hydrogens (tertiary/aromatic N) is 1. The zero-order valence-corrected chi connectivity index (χ0v) is 5.89. The fraction of sp³-hybridized carbons (Fsp3) is 0.667. The quantitative estimate of drug-likeness (QED) is 0.575. The van der Waals surface area contributed by atoms with Gasteiger partial charge in [-0.15, -0.1) is 0 Å². The summed E-state index contributed by atoms with van der Waals surface area (Å²) >= 11 is 5.01. The molecular weight excluding hydrogens is 148 g/mol. The third-order valence-electron chi connectivity index (χ3n) is 0.555. The van der Waals surface area contributed by atoms with Gasteiger partial charge >= 0.3 is 52.0 Å². The van der Waals surface area contributed by atoms with E-state index in [9.17, 15) is 0 Å². The zero-order valence-electron chi connectivity index (χ0n) is 4.13. The molecule has 0 amide bonds. The summed E-state index contributed by atoms with van der Waals surface area (Å²) < 4.78 is 0. The fourth-order valence-electron chi connectivity index (χ4n) is 0.215. The summed E-state index contributed by atoms with van der Waals surface area (Å²) in [7, 11) is -3.43. The van der Waals surface area contributed by atoms with E-state index >= 15 is 0 Å². The fourth-order valence-corrected chi connectivity index (χ4v) is 0.928. The Kier molecular flexibility index (Phi) is 3.27. The number of nitriles is 1. The van der Waals surface area contributed by atoms with E-state index in [1.165, 1.54) is 0 Å². The van der Waals surface area contributed by atoms with Crippen molar-refractivity contribution in [1.82, 2.24) is 0 Å². The van der Waals surface area contributed by atoms with Gasteiger partial charge in [0.2, 0.25) is 0 Å². The van der Waals surface area contributed by atoms with E-state index in [1.807, 2.05) is 0 Å². The third kappa shape index (κ3) is 6.13. The van der Waals surface area contributed by atoms with Gasteiger partial charge in [0.25, 0.3) is 0 Å². The van der Waals surface area contributed by atoms with Gasteiger partial charge in [0.05, 0.1) is 0 Å². The first-order chi connectivity index (χ1) is 3.56. The normalized spacial score (nSPS) is 12.8. The van der Waals surface area contributed by atoms with Gasteiger partial charge in [0.1, 0.15) is 0 Å². The second-order valence-electron chi connectivity index (χ2n) is 1.38. The van der Waals surface area contributed by atoms with Gasteiger partial charge in [-0.1, -0.05) is 0 Å². The van der Waals surface area contributed by atoms with Gasteiger partial charge in [-0.25, -0.2) is 0 Å². The molecular formula is C3H7ClNO2P. The van der Waals surface area contributed by atoms with Crippen molar-refractivity contribution in [2.24, 2.45) is 0 Å². The van der Waals surface area contributed by atoms with E-state index in [0.29, 0.717) is 0 Å². The van der Waals surface area contributed by atoms with Crippen LogP contribution in [0.1, 0.15) is 6.42 Å². The van der Waals surface area contributed by atoms with Crippen molar-refractivity contribution in [2.45, 2.75) is 6.42 Å². The zero-order chi connectivity index (χ0) is 6.62. The van der Waals surface area contributed by atoms with Gasteiger partial charge < -0.3 is 0 Å². The van der Waals surface area contributed by atoms with Crippen LogP contribution in [0.4, 0.5) is 0 Å². The van der Waals surface area contributed by atoms with Crippen molar-refractivity contribution in [3.8, 4) is 6.07 Å². The second-order valence-corrected chi connectivity index (χ2v) is 5.13. The molecule has 0 atom stereocenters. The molecule has 0 aromatic rings. The first-order valence-corrected chi connectivity index (χ1v) is 5.18. The minimum atomic E-state index is -3.43. The Morgan fingerprint density at radius 3 is 2.25 bits per heavy atom. The van der Waals surface area contributed by atoms with Crippen LogP contribution in [0.5, 0.6) is 0 Å². The molecule has 0 saturated carbocycles. The Morgan fingerprint density at radius 1 is 1.62 bits per heavy atom. The molecule has 5 heteroatoms. The van der Waals surface area contributed by atoms with Crippen molar-refractivity contribution in [3.05, 3.63) is 0 Å². The second kappa shape index (κ2) is 3.21. The van der Waals surface area contributed by atoms with E-state index < -0.39 is 7.07 Å². The summed E-state index contributed by atoms with van der Waals surface area (Å²) in [5, 5.41) is 7.92. The summed E-state index contributed by atoms with van der Waals surface area (Å²) in [6.45, 7) is 0. The van der Waals surface area contributed by atoms with E-state index in [2.05, 4.69) is 0 Å². The summed E-state index contributed by atoms with van der Waals surface area (Å²) in [4.78, 5) is 16.9. The molecule has 0 spiro atoms. The number of rotatable bonds is 2. The SMILES string of the molecule is N#CCC[PH](O)(O)Cl. The van der Waals surface area contributed by atoms with Crippen LogP contribution >= 0.6 is 18.3 Å². The molecule has 8 heavy (non-hydrogen) atoms. The number of hydrogen-bond acceptors (Lipinski definition) is 3. The molecule has 0 aromatic carbocycles. The Bertz CT molecular complexity index is 105. The Balaban J connectivity index is 3.28. The Hall–Kier alpha value is 0.130. The van der Waals surface area contributed by atoms with Gasteiger partial charge in [-0.3, -0.25) is 0 Å². The first kappa shape index (κ1) is 8.13. The molecule has 3 nitrogen and oxygen atoms in total. The molecule has 0 bridgehead atoms. The average molecular weight is 156 g/mol. The third-order valence-corrected chi connectivity index (χ3v) is 2.01. The molecule has 0 fully saturated rings. The minimum absolute atomic E-state index is 0.0189. The Labute approximate surface area is 52.8 Å². The van der Waals surface area contributed by atoms with Crippen molar-refractivity contribution in [3.63, 3.8) is 0 Å². The van der Waals surface area contributed by atoms with Crippen LogP contribution in [-0.2, 0) is 0 Å². The van der Waals surface area contributed by atoms with E-state index in [-0.39, 0.29) is 12.6 Å². The number of hydrogen-bond donors (Lipinski definition) is 2.